The summed E-state index contributed by atoms with van der Waals surface area (Å²) in [5.74, 6) is -1.69. The molecule has 0 radical (unpaired) electrons. The largest absolute Gasteiger partial charge is 0.483 e. The number of hydrogen-bond acceptors (Lipinski definition) is 11. The summed E-state index contributed by atoms with van der Waals surface area (Å²) >= 11 is 0. The Kier molecular flexibility index (Phi) is 9.54. The number of hydrogen-bond donors (Lipinski definition) is 3. The normalized spacial score (nSPS) is 18.3. The van der Waals surface area contributed by atoms with Gasteiger partial charge in [0.2, 0.25) is 5.88 Å². The lowest BCUT2D eigenvalue weighted by atomic mass is 9.94. The minimum atomic E-state index is -4.86. The lowest BCUT2D eigenvalue weighted by Gasteiger charge is -2.35. The van der Waals surface area contributed by atoms with Gasteiger partial charge < -0.3 is 30.1 Å². The number of aryl methyl sites for hydroxylation is 1. The van der Waals surface area contributed by atoms with Gasteiger partial charge >= 0.3 is 12.2 Å². The van der Waals surface area contributed by atoms with Gasteiger partial charge in [0.15, 0.2) is 5.82 Å². The predicted molar refractivity (Wildman–Crippen MR) is 176 cm³/mol. The molecule has 270 valence electrons. The molecule has 0 saturated carbocycles. The van der Waals surface area contributed by atoms with E-state index in [-0.39, 0.29) is 76.6 Å². The standard InChI is InChI=1S/C32H32F5N9O2.CH2O2/c1-14-8-21-20(11-40-44-21)22(24(14)32(35,36)37)26-25(34)27-23-29(43-31(42-27)48-13-18-6-5-7-45(18)4)46(15(2)12-47-30(23)41-26)16(3)19-9-17(33)10-39-28(19)38;2-1-3/h8-11,15-16,18H,5-7,12-13H2,1-4H3,(H2,38,39)(H,40,44);1H,(H,2,3)/t15-,16?,18?;/m0./s1. The van der Waals surface area contributed by atoms with Crippen molar-refractivity contribution in [1.29, 1.82) is 0 Å². The van der Waals surface area contributed by atoms with Crippen LogP contribution in [0.25, 0.3) is 33.1 Å². The van der Waals surface area contributed by atoms with Gasteiger partial charge in [0, 0.05) is 22.6 Å². The Morgan fingerprint density at radius 1 is 1.22 bits per heavy atom. The molecule has 3 atom stereocenters. The van der Waals surface area contributed by atoms with Crippen molar-refractivity contribution >= 4 is 39.9 Å². The van der Waals surface area contributed by atoms with Crippen molar-refractivity contribution in [3.05, 3.63) is 52.9 Å². The van der Waals surface area contributed by atoms with Crippen LogP contribution >= 0.6 is 0 Å². The lowest BCUT2D eigenvalue weighted by Crippen LogP contribution is -2.39. The highest BCUT2D eigenvalue weighted by Crippen LogP contribution is 2.47. The Morgan fingerprint density at radius 3 is 2.65 bits per heavy atom. The van der Waals surface area contributed by atoms with Crippen LogP contribution in [0.1, 0.15) is 49.4 Å². The van der Waals surface area contributed by atoms with Gasteiger partial charge in [-0.3, -0.25) is 9.89 Å². The Morgan fingerprint density at radius 2 is 1.96 bits per heavy atom. The number of carbonyl (C=O) groups is 1. The number of nitrogen functional groups attached to an aromatic ring is 1. The van der Waals surface area contributed by atoms with E-state index in [0.717, 1.165) is 25.6 Å². The number of anilines is 2. The summed E-state index contributed by atoms with van der Waals surface area (Å²) in [5, 5.41) is 13.5. The van der Waals surface area contributed by atoms with Crippen molar-refractivity contribution in [1.82, 2.24) is 35.0 Å². The summed E-state index contributed by atoms with van der Waals surface area (Å²) in [5.41, 5.74) is 4.12. The molecule has 0 aliphatic carbocycles. The van der Waals surface area contributed by atoms with Crippen LogP contribution in [0.3, 0.4) is 0 Å². The van der Waals surface area contributed by atoms with E-state index in [1.165, 1.54) is 25.3 Å². The Hall–Kier alpha value is -5.39. The molecule has 18 heteroatoms. The summed E-state index contributed by atoms with van der Waals surface area (Å²) < 4.78 is 87.5. The Bertz CT molecular complexity index is 2110. The molecule has 2 unspecified atom stereocenters. The van der Waals surface area contributed by atoms with Gasteiger partial charge in [-0.05, 0) is 64.9 Å². The van der Waals surface area contributed by atoms with Crippen LogP contribution in [0.4, 0.5) is 33.6 Å². The first-order chi connectivity index (χ1) is 24.2. The fraction of sp³-hybridized carbons (Fsp3) is 0.394. The highest BCUT2D eigenvalue weighted by molar-refractivity contribution is 6.02. The number of nitrogens with two attached hydrogens (primary N) is 1. The third-order valence-electron chi connectivity index (χ3n) is 9.22. The average Bonchev–Trinajstić information content (AvgIpc) is 3.68. The van der Waals surface area contributed by atoms with Crippen LogP contribution in [-0.2, 0) is 11.0 Å². The van der Waals surface area contributed by atoms with E-state index in [2.05, 4.69) is 30.0 Å². The predicted octanol–water partition coefficient (Wildman–Crippen LogP) is 5.67. The maximum Gasteiger partial charge on any atom is 0.417 e. The number of H-pyrrole nitrogens is 1. The van der Waals surface area contributed by atoms with E-state index in [4.69, 9.17) is 30.1 Å². The second-order valence-electron chi connectivity index (χ2n) is 12.5. The molecule has 1 saturated heterocycles. The van der Waals surface area contributed by atoms with Crippen LogP contribution in [0.2, 0.25) is 0 Å². The summed E-state index contributed by atoms with van der Waals surface area (Å²) in [6.45, 7) is 5.64. The number of benzene rings is 1. The fourth-order valence-corrected chi connectivity index (χ4v) is 6.83. The van der Waals surface area contributed by atoms with Crippen molar-refractivity contribution in [3.8, 4) is 23.1 Å². The van der Waals surface area contributed by atoms with Gasteiger partial charge in [-0.25, -0.2) is 18.7 Å². The minimum Gasteiger partial charge on any atom is -0.483 e. The van der Waals surface area contributed by atoms with Crippen LogP contribution in [0.5, 0.6) is 11.9 Å². The van der Waals surface area contributed by atoms with Gasteiger partial charge in [-0.2, -0.15) is 28.2 Å². The highest BCUT2D eigenvalue weighted by Gasteiger charge is 2.40. The maximum absolute atomic E-state index is 17.0. The third kappa shape index (κ3) is 6.50. The second-order valence-corrected chi connectivity index (χ2v) is 12.5. The summed E-state index contributed by atoms with van der Waals surface area (Å²) in [4.78, 5) is 29.7. The van der Waals surface area contributed by atoms with Gasteiger partial charge in [-0.1, -0.05) is 0 Å². The van der Waals surface area contributed by atoms with E-state index >= 15 is 4.39 Å². The SMILES string of the molecule is Cc1cc2[nH]ncc2c(-c2nc3c4c(nc(OCC5CCCN5C)nc4c2F)N(C(C)c2cc(F)cnc2N)[C@@H](C)CO3)c1C(F)(F)F.O=CO. The zero-order chi connectivity index (χ0) is 36.8. The van der Waals surface area contributed by atoms with Crippen molar-refractivity contribution in [2.75, 3.05) is 37.4 Å². The number of likely N-dealkylation sites (N-methyl/N-ethyl adjacent to an activating group) is 1. The molecular weight excluding hydrogens is 681 g/mol. The number of fused-ring (bicyclic) bond motifs is 1. The second kappa shape index (κ2) is 13.7. The molecule has 4 N–H and O–H groups in total. The Labute approximate surface area is 287 Å². The average molecular weight is 716 g/mol. The number of aromatic nitrogens is 6. The molecule has 0 bridgehead atoms. The minimum absolute atomic E-state index is 0.0189. The summed E-state index contributed by atoms with van der Waals surface area (Å²) in [6.07, 6.45) is -0.808. The topological polar surface area (TPSA) is 168 Å². The number of carboxylic acid groups (broad SMARTS) is 1. The number of rotatable bonds is 6. The van der Waals surface area contributed by atoms with Gasteiger partial charge in [0.1, 0.15) is 47.3 Å². The molecule has 0 spiro atoms. The molecule has 2 aliphatic heterocycles. The van der Waals surface area contributed by atoms with E-state index in [1.807, 2.05) is 14.0 Å². The van der Waals surface area contributed by atoms with Crippen molar-refractivity contribution < 1.29 is 41.3 Å². The molecule has 51 heavy (non-hydrogen) atoms. The first-order valence-corrected chi connectivity index (χ1v) is 15.9. The van der Waals surface area contributed by atoms with E-state index in [9.17, 15) is 17.6 Å². The molecule has 0 amide bonds. The summed E-state index contributed by atoms with van der Waals surface area (Å²) in [6, 6.07) is 1.26. The van der Waals surface area contributed by atoms with E-state index in [0.29, 0.717) is 5.56 Å². The van der Waals surface area contributed by atoms with Gasteiger partial charge in [-0.15, -0.1) is 0 Å². The van der Waals surface area contributed by atoms with Gasteiger partial charge in [0.05, 0.1) is 35.6 Å². The fourth-order valence-electron chi connectivity index (χ4n) is 6.83. The van der Waals surface area contributed by atoms with Crippen LogP contribution in [-0.4, -0.2) is 85.5 Å². The number of ether oxygens (including phenoxy) is 2. The molecule has 4 aromatic heterocycles. The zero-order valence-electron chi connectivity index (χ0n) is 27.9. The number of nitrogens with zero attached hydrogens (tertiary/aromatic N) is 7. The number of aromatic amines is 1. The van der Waals surface area contributed by atoms with E-state index < -0.39 is 46.7 Å². The molecule has 5 aromatic rings. The van der Waals surface area contributed by atoms with Crippen LogP contribution in [0, 0.1) is 18.6 Å². The molecule has 7 rings (SSSR count). The van der Waals surface area contributed by atoms with E-state index in [1.54, 1.807) is 11.8 Å². The molecule has 13 nitrogen and oxygen atoms in total. The number of alkyl halides is 3. The number of pyridine rings is 2. The van der Waals surface area contributed by atoms with Crippen molar-refractivity contribution in [2.45, 2.75) is 57.9 Å². The Balaban J connectivity index is 0.00000144. The quantitative estimate of drug-likeness (QED) is 0.146. The molecule has 1 fully saturated rings. The molecule has 2 aliphatic rings. The number of halogens is 5. The molecule has 6 heterocycles. The molecule has 1 aromatic carbocycles. The highest BCUT2D eigenvalue weighted by atomic mass is 19.4. The molecular formula is C33H34F5N9O4. The number of likely N-dealkylation sites (tertiary alicyclic amines) is 1. The first kappa shape index (κ1) is 35.4. The maximum atomic E-state index is 17.0. The van der Waals surface area contributed by atoms with Crippen LogP contribution in [0.15, 0.2) is 24.5 Å². The smallest absolute Gasteiger partial charge is 0.417 e. The lowest BCUT2D eigenvalue weighted by molar-refractivity contribution is -0.137. The first-order valence-electron chi connectivity index (χ1n) is 15.9. The van der Waals surface area contributed by atoms with Crippen LogP contribution < -0.4 is 20.1 Å². The monoisotopic (exact) mass is 715 g/mol. The number of nitrogens with one attached hydrogen (secondary N) is 1. The zero-order valence-corrected chi connectivity index (χ0v) is 27.9. The van der Waals surface area contributed by atoms with Crippen molar-refractivity contribution in [3.63, 3.8) is 0 Å². The third-order valence-corrected chi connectivity index (χ3v) is 9.22. The van der Waals surface area contributed by atoms with Gasteiger partial charge in [0.25, 0.3) is 6.47 Å². The van der Waals surface area contributed by atoms with Crippen molar-refractivity contribution in [2.24, 2.45) is 0 Å². The summed E-state index contributed by atoms with van der Waals surface area (Å²) in [7, 11) is 1.97.